The molecule has 3 rings (SSSR count). The molecule has 1 saturated carbocycles. The third-order valence-corrected chi connectivity index (χ3v) is 4.63. The summed E-state index contributed by atoms with van der Waals surface area (Å²) >= 11 is 0. The van der Waals surface area contributed by atoms with Crippen LogP contribution in [-0.2, 0) is 6.54 Å². The lowest BCUT2D eigenvalue weighted by atomic mass is 9.98. The molecule has 1 unspecified atom stereocenters. The second kappa shape index (κ2) is 6.15. The van der Waals surface area contributed by atoms with Crippen LogP contribution in [0.25, 0.3) is 0 Å². The number of rotatable bonds is 5. The summed E-state index contributed by atoms with van der Waals surface area (Å²) in [7, 11) is 0. The molecule has 3 nitrogen and oxygen atoms in total. The minimum Gasteiger partial charge on any atom is -0.396 e. The summed E-state index contributed by atoms with van der Waals surface area (Å²) in [6.45, 7) is 5.64. The Balaban J connectivity index is 1.65. The Morgan fingerprint density at radius 2 is 2.15 bits per heavy atom. The van der Waals surface area contributed by atoms with Gasteiger partial charge < -0.3 is 15.3 Å². The van der Waals surface area contributed by atoms with Gasteiger partial charge in [0.2, 0.25) is 0 Å². The number of nitrogens with one attached hydrogen (secondary N) is 1. The molecule has 1 heterocycles. The first-order chi connectivity index (χ1) is 9.76. The topological polar surface area (TPSA) is 35.5 Å². The van der Waals surface area contributed by atoms with Gasteiger partial charge in [-0.1, -0.05) is 6.07 Å². The first-order valence-electron chi connectivity index (χ1n) is 7.95. The molecule has 110 valence electrons. The van der Waals surface area contributed by atoms with Crippen LogP contribution in [0.15, 0.2) is 18.2 Å². The molecule has 0 amide bonds. The van der Waals surface area contributed by atoms with Crippen LogP contribution in [0.5, 0.6) is 0 Å². The monoisotopic (exact) mass is 274 g/mol. The number of benzene rings is 1. The van der Waals surface area contributed by atoms with Gasteiger partial charge in [-0.3, -0.25) is 0 Å². The van der Waals surface area contributed by atoms with Crippen molar-refractivity contribution in [2.24, 2.45) is 5.92 Å². The van der Waals surface area contributed by atoms with Gasteiger partial charge in [0.05, 0.1) is 0 Å². The Bertz CT molecular complexity index is 456. The van der Waals surface area contributed by atoms with E-state index >= 15 is 0 Å². The molecule has 20 heavy (non-hydrogen) atoms. The van der Waals surface area contributed by atoms with Crippen molar-refractivity contribution in [3.63, 3.8) is 0 Å². The molecule has 1 aliphatic heterocycles. The van der Waals surface area contributed by atoms with Crippen molar-refractivity contribution in [1.29, 1.82) is 0 Å². The van der Waals surface area contributed by atoms with Crippen LogP contribution in [0.1, 0.15) is 36.8 Å². The summed E-state index contributed by atoms with van der Waals surface area (Å²) in [5, 5.41) is 12.9. The SMILES string of the molecule is Cc1cc(N2CCCC(CO)C2)ccc1CNC1CC1. The third kappa shape index (κ3) is 3.33. The Kier molecular flexibility index (Phi) is 4.27. The van der Waals surface area contributed by atoms with Gasteiger partial charge >= 0.3 is 0 Å². The Labute approximate surface area is 122 Å². The van der Waals surface area contributed by atoms with Crippen LogP contribution < -0.4 is 10.2 Å². The van der Waals surface area contributed by atoms with Crippen molar-refractivity contribution in [3.05, 3.63) is 29.3 Å². The summed E-state index contributed by atoms with van der Waals surface area (Å²) in [4.78, 5) is 2.43. The summed E-state index contributed by atoms with van der Waals surface area (Å²) in [5.74, 6) is 0.445. The minimum absolute atomic E-state index is 0.318. The predicted molar refractivity (Wildman–Crippen MR) is 83.1 cm³/mol. The zero-order valence-corrected chi connectivity index (χ0v) is 12.4. The molecule has 0 spiro atoms. The van der Waals surface area contributed by atoms with E-state index in [0.29, 0.717) is 12.5 Å². The van der Waals surface area contributed by atoms with E-state index in [-0.39, 0.29) is 0 Å². The van der Waals surface area contributed by atoms with E-state index in [1.807, 2.05) is 0 Å². The first kappa shape index (κ1) is 13.9. The molecular weight excluding hydrogens is 248 g/mol. The van der Waals surface area contributed by atoms with E-state index in [1.165, 1.54) is 36.1 Å². The molecule has 2 aliphatic rings. The van der Waals surface area contributed by atoms with Crippen LogP contribution in [-0.4, -0.2) is 30.8 Å². The fourth-order valence-corrected chi connectivity index (χ4v) is 3.07. The molecule has 3 heteroatoms. The van der Waals surface area contributed by atoms with Crippen molar-refractivity contribution in [2.75, 3.05) is 24.6 Å². The zero-order chi connectivity index (χ0) is 13.9. The molecule has 2 fully saturated rings. The summed E-state index contributed by atoms with van der Waals surface area (Å²) in [5.41, 5.74) is 4.11. The van der Waals surface area contributed by atoms with E-state index in [1.54, 1.807) is 0 Å². The summed E-state index contributed by atoms with van der Waals surface area (Å²) < 4.78 is 0. The number of piperidine rings is 1. The highest BCUT2D eigenvalue weighted by molar-refractivity contribution is 5.51. The highest BCUT2D eigenvalue weighted by Crippen LogP contribution is 2.26. The van der Waals surface area contributed by atoms with Gasteiger partial charge in [0.1, 0.15) is 0 Å². The maximum atomic E-state index is 9.35. The fraction of sp³-hybridized carbons (Fsp3) is 0.647. The minimum atomic E-state index is 0.318. The van der Waals surface area contributed by atoms with Crippen molar-refractivity contribution in [2.45, 2.75) is 45.2 Å². The molecule has 1 aliphatic carbocycles. The molecule has 2 N–H and O–H groups in total. The molecular formula is C17H26N2O. The van der Waals surface area contributed by atoms with Crippen molar-refractivity contribution in [1.82, 2.24) is 5.32 Å². The van der Waals surface area contributed by atoms with Crippen molar-refractivity contribution < 1.29 is 5.11 Å². The lowest BCUT2D eigenvalue weighted by Gasteiger charge is -2.34. The van der Waals surface area contributed by atoms with Gasteiger partial charge in [-0.05, 0) is 61.8 Å². The second-order valence-corrected chi connectivity index (χ2v) is 6.40. The van der Waals surface area contributed by atoms with E-state index < -0.39 is 0 Å². The smallest absolute Gasteiger partial charge is 0.0476 e. The lowest BCUT2D eigenvalue weighted by molar-refractivity contribution is 0.208. The van der Waals surface area contributed by atoms with Crippen LogP contribution in [0.4, 0.5) is 5.69 Å². The molecule has 0 aromatic heterocycles. The summed E-state index contributed by atoms with van der Waals surface area (Å²) in [6.07, 6.45) is 5.03. The Morgan fingerprint density at radius 3 is 2.85 bits per heavy atom. The number of anilines is 1. The molecule has 0 bridgehead atoms. The van der Waals surface area contributed by atoms with E-state index in [0.717, 1.165) is 32.1 Å². The highest BCUT2D eigenvalue weighted by atomic mass is 16.3. The molecule has 1 atom stereocenters. The third-order valence-electron chi connectivity index (χ3n) is 4.63. The number of hydrogen-bond acceptors (Lipinski definition) is 3. The van der Waals surface area contributed by atoms with Crippen molar-refractivity contribution >= 4 is 5.69 Å². The van der Waals surface area contributed by atoms with Gasteiger partial charge in [0, 0.05) is 38.0 Å². The van der Waals surface area contributed by atoms with Gasteiger partial charge in [-0.15, -0.1) is 0 Å². The summed E-state index contributed by atoms with van der Waals surface area (Å²) in [6, 6.07) is 7.59. The predicted octanol–water partition coefficient (Wildman–Crippen LogP) is 2.46. The standard InChI is InChI=1S/C17H26N2O/c1-13-9-17(19-8-2-3-14(11-19)12-20)7-4-15(13)10-18-16-5-6-16/h4,7,9,14,16,18,20H,2-3,5-6,8,10-12H2,1H3. The van der Waals surface area contributed by atoms with Crippen LogP contribution in [0, 0.1) is 12.8 Å². The van der Waals surface area contributed by atoms with Crippen LogP contribution >= 0.6 is 0 Å². The molecule has 1 saturated heterocycles. The average molecular weight is 274 g/mol. The van der Waals surface area contributed by atoms with E-state index in [4.69, 9.17) is 0 Å². The maximum Gasteiger partial charge on any atom is 0.0476 e. The number of aryl methyl sites for hydroxylation is 1. The second-order valence-electron chi connectivity index (χ2n) is 6.40. The van der Waals surface area contributed by atoms with Gasteiger partial charge in [0.25, 0.3) is 0 Å². The van der Waals surface area contributed by atoms with Crippen LogP contribution in [0.2, 0.25) is 0 Å². The van der Waals surface area contributed by atoms with Gasteiger partial charge in [-0.25, -0.2) is 0 Å². The molecule has 1 aromatic rings. The lowest BCUT2D eigenvalue weighted by Crippen LogP contribution is -2.36. The first-order valence-corrected chi connectivity index (χ1v) is 7.95. The molecule has 0 radical (unpaired) electrons. The van der Waals surface area contributed by atoms with Gasteiger partial charge in [0.15, 0.2) is 0 Å². The average Bonchev–Trinajstić information content (AvgIpc) is 3.30. The number of nitrogens with zero attached hydrogens (tertiary/aromatic N) is 1. The quantitative estimate of drug-likeness (QED) is 0.866. The van der Waals surface area contributed by atoms with Crippen molar-refractivity contribution in [3.8, 4) is 0 Å². The fourth-order valence-electron chi connectivity index (χ4n) is 3.07. The number of aliphatic hydroxyl groups is 1. The van der Waals surface area contributed by atoms with Gasteiger partial charge in [-0.2, -0.15) is 0 Å². The van der Waals surface area contributed by atoms with Crippen LogP contribution in [0.3, 0.4) is 0 Å². The van der Waals surface area contributed by atoms with E-state index in [2.05, 4.69) is 35.3 Å². The maximum absolute atomic E-state index is 9.35. The molecule has 1 aromatic carbocycles. The Hall–Kier alpha value is -1.06. The zero-order valence-electron chi connectivity index (χ0n) is 12.4. The normalized spacial score (nSPS) is 23.1. The van der Waals surface area contributed by atoms with E-state index in [9.17, 15) is 5.11 Å². The highest BCUT2D eigenvalue weighted by Gasteiger charge is 2.21. The number of hydrogen-bond donors (Lipinski definition) is 2. The number of aliphatic hydroxyl groups excluding tert-OH is 1. The largest absolute Gasteiger partial charge is 0.396 e. The Morgan fingerprint density at radius 1 is 1.30 bits per heavy atom.